The second kappa shape index (κ2) is 4.74. The lowest BCUT2D eigenvalue weighted by Gasteiger charge is -2.06. The van der Waals surface area contributed by atoms with Gasteiger partial charge in [0.15, 0.2) is 0 Å². The fraction of sp³-hybridized carbons (Fsp3) is 0.417. The highest BCUT2D eigenvalue weighted by molar-refractivity contribution is 6.31. The molecule has 1 saturated carbocycles. The minimum absolute atomic E-state index is 0.0340. The zero-order valence-corrected chi connectivity index (χ0v) is 9.63. The molecule has 1 amide bonds. The molecule has 86 valence electrons. The summed E-state index contributed by atoms with van der Waals surface area (Å²) in [4.78, 5) is 11.7. The highest BCUT2D eigenvalue weighted by Gasteiger charge is 2.21. The van der Waals surface area contributed by atoms with Crippen LogP contribution in [0, 0.1) is 5.92 Å². The lowest BCUT2D eigenvalue weighted by Crippen LogP contribution is -2.24. The monoisotopic (exact) mass is 239 g/mol. The van der Waals surface area contributed by atoms with Crippen LogP contribution < -0.4 is 5.32 Å². The number of aromatic hydroxyl groups is 1. The van der Waals surface area contributed by atoms with E-state index in [0.29, 0.717) is 11.6 Å². The molecule has 0 heterocycles. The van der Waals surface area contributed by atoms with Crippen LogP contribution in [0.5, 0.6) is 5.75 Å². The molecule has 1 fully saturated rings. The summed E-state index contributed by atoms with van der Waals surface area (Å²) < 4.78 is 0. The normalized spacial score (nSPS) is 14.8. The third-order valence-electron chi connectivity index (χ3n) is 2.74. The van der Waals surface area contributed by atoms with Crippen LogP contribution in [0.2, 0.25) is 5.02 Å². The van der Waals surface area contributed by atoms with Gasteiger partial charge in [-0.15, -0.1) is 0 Å². The molecular formula is C12H14ClNO2. The number of phenolic OH excluding ortho intramolecular Hbond substituents is 1. The fourth-order valence-electron chi connectivity index (χ4n) is 1.58. The van der Waals surface area contributed by atoms with E-state index in [-0.39, 0.29) is 17.2 Å². The van der Waals surface area contributed by atoms with E-state index >= 15 is 0 Å². The molecule has 0 bridgehead atoms. The van der Waals surface area contributed by atoms with Gasteiger partial charge < -0.3 is 10.4 Å². The van der Waals surface area contributed by atoms with Crippen LogP contribution in [-0.2, 0) is 0 Å². The van der Waals surface area contributed by atoms with Gasteiger partial charge >= 0.3 is 0 Å². The van der Waals surface area contributed by atoms with E-state index in [2.05, 4.69) is 5.32 Å². The highest BCUT2D eigenvalue weighted by Crippen LogP contribution is 2.31. The number of benzene rings is 1. The third-order valence-corrected chi connectivity index (χ3v) is 2.97. The lowest BCUT2D eigenvalue weighted by atomic mass is 10.2. The molecule has 2 N–H and O–H groups in total. The molecule has 0 saturated heterocycles. The number of rotatable bonds is 4. The van der Waals surface area contributed by atoms with E-state index in [1.165, 1.54) is 25.0 Å². The van der Waals surface area contributed by atoms with Crippen molar-refractivity contribution in [2.75, 3.05) is 6.54 Å². The van der Waals surface area contributed by atoms with Crippen LogP contribution in [0.15, 0.2) is 18.2 Å². The number of carbonyl (C=O) groups is 1. The van der Waals surface area contributed by atoms with Gasteiger partial charge in [-0.1, -0.05) is 24.4 Å². The van der Waals surface area contributed by atoms with Crippen molar-refractivity contribution < 1.29 is 9.90 Å². The van der Waals surface area contributed by atoms with Gasteiger partial charge in [-0.3, -0.25) is 4.79 Å². The molecule has 2 rings (SSSR count). The molecule has 1 aliphatic carbocycles. The molecular weight excluding hydrogens is 226 g/mol. The van der Waals surface area contributed by atoms with Gasteiger partial charge in [0.05, 0.1) is 5.56 Å². The van der Waals surface area contributed by atoms with Crippen molar-refractivity contribution in [3.63, 3.8) is 0 Å². The molecule has 1 aromatic carbocycles. The van der Waals surface area contributed by atoms with Crippen molar-refractivity contribution >= 4 is 17.5 Å². The molecule has 16 heavy (non-hydrogen) atoms. The van der Waals surface area contributed by atoms with Crippen LogP contribution in [0.1, 0.15) is 29.6 Å². The van der Waals surface area contributed by atoms with Crippen LogP contribution in [0.4, 0.5) is 0 Å². The number of nitrogens with one attached hydrogen (secondary N) is 1. The quantitative estimate of drug-likeness (QED) is 0.849. The van der Waals surface area contributed by atoms with Crippen molar-refractivity contribution in [2.24, 2.45) is 5.92 Å². The summed E-state index contributed by atoms with van der Waals surface area (Å²) in [5, 5.41) is 12.7. The number of phenols is 1. The minimum atomic E-state index is -0.263. The second-order valence-corrected chi connectivity index (χ2v) is 4.59. The Labute approximate surface area is 99.4 Å². The summed E-state index contributed by atoms with van der Waals surface area (Å²) >= 11 is 5.76. The molecule has 0 aromatic heterocycles. The summed E-state index contributed by atoms with van der Waals surface area (Å²) in [6.07, 6.45) is 3.57. The van der Waals surface area contributed by atoms with E-state index in [1.54, 1.807) is 6.07 Å². The first kappa shape index (κ1) is 11.3. The Morgan fingerprint density at radius 3 is 2.94 bits per heavy atom. The van der Waals surface area contributed by atoms with E-state index in [0.717, 1.165) is 12.3 Å². The minimum Gasteiger partial charge on any atom is -0.507 e. The standard InChI is InChI=1S/C12H14ClNO2/c13-9-3-4-11(15)10(7-9)12(16)14-6-5-8-1-2-8/h3-4,7-8,15H,1-2,5-6H2,(H,14,16). The molecule has 1 aliphatic rings. The smallest absolute Gasteiger partial charge is 0.255 e. The van der Waals surface area contributed by atoms with Crippen LogP contribution in [0.3, 0.4) is 0 Å². The molecule has 4 heteroatoms. The van der Waals surface area contributed by atoms with Crippen molar-refractivity contribution in [3.8, 4) is 5.75 Å². The number of amides is 1. The maximum Gasteiger partial charge on any atom is 0.255 e. The SMILES string of the molecule is O=C(NCCC1CC1)c1cc(Cl)ccc1O. The lowest BCUT2D eigenvalue weighted by molar-refractivity contribution is 0.0950. The highest BCUT2D eigenvalue weighted by atomic mass is 35.5. The van der Waals surface area contributed by atoms with Gasteiger partial charge in [0.2, 0.25) is 0 Å². The van der Waals surface area contributed by atoms with Crippen LogP contribution in [-0.4, -0.2) is 17.6 Å². The van der Waals surface area contributed by atoms with Gasteiger partial charge in [-0.2, -0.15) is 0 Å². The average Bonchev–Trinajstić information content (AvgIpc) is 3.05. The van der Waals surface area contributed by atoms with Gasteiger partial charge in [0.1, 0.15) is 5.75 Å². The zero-order chi connectivity index (χ0) is 11.5. The molecule has 1 aromatic rings. The van der Waals surface area contributed by atoms with Gasteiger partial charge in [0.25, 0.3) is 5.91 Å². The summed E-state index contributed by atoms with van der Waals surface area (Å²) in [6, 6.07) is 4.46. The summed E-state index contributed by atoms with van der Waals surface area (Å²) in [6.45, 7) is 0.662. The molecule has 3 nitrogen and oxygen atoms in total. The maximum atomic E-state index is 11.7. The molecule has 0 aliphatic heterocycles. The Morgan fingerprint density at radius 2 is 2.25 bits per heavy atom. The first-order chi connectivity index (χ1) is 7.66. The predicted molar refractivity (Wildman–Crippen MR) is 62.8 cm³/mol. The Kier molecular flexibility index (Phi) is 3.34. The number of hydrogen-bond donors (Lipinski definition) is 2. The predicted octanol–water partition coefficient (Wildman–Crippen LogP) is 2.58. The van der Waals surface area contributed by atoms with E-state index in [9.17, 15) is 9.90 Å². The van der Waals surface area contributed by atoms with Crippen LogP contribution >= 0.6 is 11.6 Å². The largest absolute Gasteiger partial charge is 0.507 e. The Hall–Kier alpha value is -1.22. The first-order valence-electron chi connectivity index (χ1n) is 5.43. The fourth-order valence-corrected chi connectivity index (χ4v) is 1.75. The van der Waals surface area contributed by atoms with E-state index in [4.69, 9.17) is 11.6 Å². The van der Waals surface area contributed by atoms with Gasteiger partial charge in [-0.25, -0.2) is 0 Å². The third kappa shape index (κ3) is 2.89. The van der Waals surface area contributed by atoms with Crippen LogP contribution in [0.25, 0.3) is 0 Å². The maximum absolute atomic E-state index is 11.7. The summed E-state index contributed by atoms with van der Waals surface area (Å²) in [5.74, 6) is 0.488. The molecule has 0 radical (unpaired) electrons. The van der Waals surface area contributed by atoms with Crippen molar-refractivity contribution in [2.45, 2.75) is 19.3 Å². The van der Waals surface area contributed by atoms with E-state index < -0.39 is 0 Å². The van der Waals surface area contributed by atoms with Gasteiger partial charge in [0, 0.05) is 11.6 Å². The molecule has 0 atom stereocenters. The van der Waals surface area contributed by atoms with Crippen molar-refractivity contribution in [3.05, 3.63) is 28.8 Å². The second-order valence-electron chi connectivity index (χ2n) is 4.15. The summed E-state index contributed by atoms with van der Waals surface area (Å²) in [5.41, 5.74) is 0.239. The van der Waals surface area contributed by atoms with Crippen molar-refractivity contribution in [1.82, 2.24) is 5.32 Å². The van der Waals surface area contributed by atoms with E-state index in [1.807, 2.05) is 0 Å². The molecule has 0 spiro atoms. The van der Waals surface area contributed by atoms with Gasteiger partial charge in [-0.05, 0) is 30.5 Å². The van der Waals surface area contributed by atoms with Crippen molar-refractivity contribution in [1.29, 1.82) is 0 Å². The Balaban J connectivity index is 1.93. The Bertz CT molecular complexity index is 402. The molecule has 0 unspecified atom stereocenters. The summed E-state index contributed by atoms with van der Waals surface area (Å²) in [7, 11) is 0. The number of halogens is 1. The average molecular weight is 240 g/mol. The first-order valence-corrected chi connectivity index (χ1v) is 5.81. The zero-order valence-electron chi connectivity index (χ0n) is 8.87. The number of hydrogen-bond acceptors (Lipinski definition) is 2. The number of carbonyl (C=O) groups excluding carboxylic acids is 1. The topological polar surface area (TPSA) is 49.3 Å². The Morgan fingerprint density at radius 1 is 1.50 bits per heavy atom.